The quantitative estimate of drug-likeness (QED) is 0.748. The maximum absolute atomic E-state index is 11.8. The monoisotopic (exact) mass is 346 g/mol. The first kappa shape index (κ1) is 19.0. The van der Waals surface area contributed by atoms with E-state index in [1.165, 1.54) is 13.8 Å². The van der Waals surface area contributed by atoms with Crippen molar-refractivity contribution in [2.75, 3.05) is 11.5 Å². The largest absolute Gasteiger partial charge is 0.351 e. The number of thioether (sulfide) groups is 2. The summed E-state index contributed by atoms with van der Waals surface area (Å²) in [4.78, 5) is 45.4. The molecule has 0 saturated heterocycles. The Morgan fingerprint density at radius 2 is 1.18 bits per heavy atom. The molecule has 22 heavy (non-hydrogen) atoms. The number of amides is 2. The van der Waals surface area contributed by atoms with Crippen molar-refractivity contribution in [1.82, 2.24) is 10.6 Å². The second-order valence-electron chi connectivity index (χ2n) is 5.19. The van der Waals surface area contributed by atoms with Gasteiger partial charge in [0.15, 0.2) is 10.2 Å². The third kappa shape index (κ3) is 7.84. The minimum atomic E-state index is -0.190. The summed E-state index contributed by atoms with van der Waals surface area (Å²) in [7, 11) is 0. The molecule has 0 aromatic carbocycles. The molecule has 0 radical (unpaired) electrons. The number of hydrogen-bond acceptors (Lipinski definition) is 6. The number of nitrogens with one attached hydrogen (secondary N) is 2. The van der Waals surface area contributed by atoms with Gasteiger partial charge < -0.3 is 10.6 Å². The fraction of sp³-hybridized carbons (Fsp3) is 0.714. The molecule has 2 N–H and O–H groups in total. The van der Waals surface area contributed by atoms with Crippen molar-refractivity contribution in [2.24, 2.45) is 0 Å². The predicted molar refractivity (Wildman–Crippen MR) is 88.6 cm³/mol. The lowest BCUT2D eigenvalue weighted by Crippen LogP contribution is -2.53. The van der Waals surface area contributed by atoms with Gasteiger partial charge in [-0.3, -0.25) is 19.2 Å². The van der Waals surface area contributed by atoms with E-state index >= 15 is 0 Å². The van der Waals surface area contributed by atoms with Gasteiger partial charge in [0.2, 0.25) is 11.8 Å². The summed E-state index contributed by atoms with van der Waals surface area (Å²) in [6.45, 7) is 2.85. The maximum atomic E-state index is 11.8. The first-order valence-electron chi connectivity index (χ1n) is 7.24. The van der Waals surface area contributed by atoms with Crippen LogP contribution in [-0.4, -0.2) is 45.6 Å². The zero-order valence-corrected chi connectivity index (χ0v) is 14.5. The average Bonchev–Trinajstić information content (AvgIpc) is 2.45. The molecule has 2 atom stereocenters. The lowest BCUT2D eigenvalue weighted by Gasteiger charge is -2.32. The fourth-order valence-electron chi connectivity index (χ4n) is 2.31. The third-order valence-electron chi connectivity index (χ3n) is 3.27. The summed E-state index contributed by atoms with van der Waals surface area (Å²) >= 11 is 1.95. The molecule has 1 rings (SSSR count). The highest BCUT2D eigenvalue weighted by atomic mass is 32.2. The smallest absolute Gasteiger partial charge is 0.230 e. The third-order valence-corrected chi connectivity index (χ3v) is 4.90. The predicted octanol–water partition coefficient (Wildman–Crippen LogP) is 1.09. The summed E-state index contributed by atoms with van der Waals surface area (Å²) in [6, 6.07) is -0.222. The minimum absolute atomic E-state index is 0.0927. The Kier molecular flexibility index (Phi) is 8.55. The van der Waals surface area contributed by atoms with E-state index in [0.29, 0.717) is 0 Å². The van der Waals surface area contributed by atoms with Gasteiger partial charge in [0.05, 0.1) is 11.5 Å². The second kappa shape index (κ2) is 9.89. The molecule has 1 fully saturated rings. The molecule has 0 unspecified atom stereocenters. The molecule has 0 bridgehead atoms. The van der Waals surface area contributed by atoms with Gasteiger partial charge in [0, 0.05) is 25.9 Å². The molecule has 1 aliphatic carbocycles. The Morgan fingerprint density at radius 3 is 1.50 bits per heavy atom. The van der Waals surface area contributed by atoms with E-state index in [1.54, 1.807) is 0 Å². The molecular weight excluding hydrogens is 324 g/mol. The van der Waals surface area contributed by atoms with Crippen molar-refractivity contribution in [3.63, 3.8) is 0 Å². The molecule has 0 aliphatic heterocycles. The van der Waals surface area contributed by atoms with Gasteiger partial charge in [-0.15, -0.1) is 0 Å². The fourth-order valence-corrected chi connectivity index (χ4v) is 3.14. The van der Waals surface area contributed by atoms with E-state index in [-0.39, 0.29) is 45.6 Å². The summed E-state index contributed by atoms with van der Waals surface area (Å²) in [5.74, 6) is -0.173. The van der Waals surface area contributed by atoms with Crippen LogP contribution in [0.5, 0.6) is 0 Å². The first-order chi connectivity index (χ1) is 10.4. The second-order valence-corrected chi connectivity index (χ2v) is 7.50. The molecule has 0 aromatic heterocycles. The minimum Gasteiger partial charge on any atom is -0.351 e. The number of rotatable bonds is 6. The van der Waals surface area contributed by atoms with Crippen LogP contribution in [0.1, 0.15) is 39.5 Å². The van der Waals surface area contributed by atoms with Crippen molar-refractivity contribution in [1.29, 1.82) is 0 Å². The van der Waals surface area contributed by atoms with Crippen molar-refractivity contribution >= 4 is 45.6 Å². The first-order valence-corrected chi connectivity index (χ1v) is 9.21. The Balaban J connectivity index is 2.45. The normalized spacial score (nSPS) is 21.0. The molecule has 1 aliphatic rings. The number of carbonyl (C=O) groups is 4. The summed E-state index contributed by atoms with van der Waals surface area (Å²) in [5, 5.41) is 5.60. The van der Waals surface area contributed by atoms with Crippen molar-refractivity contribution < 1.29 is 19.2 Å². The summed E-state index contributed by atoms with van der Waals surface area (Å²) < 4.78 is 0. The van der Waals surface area contributed by atoms with Crippen LogP contribution < -0.4 is 10.6 Å². The highest BCUT2D eigenvalue weighted by molar-refractivity contribution is 8.14. The molecule has 0 heterocycles. The van der Waals surface area contributed by atoms with Gasteiger partial charge in [-0.05, 0) is 12.8 Å². The van der Waals surface area contributed by atoms with Crippen LogP contribution in [0.3, 0.4) is 0 Å². The highest BCUT2D eigenvalue weighted by Gasteiger charge is 2.27. The summed E-state index contributed by atoms with van der Waals surface area (Å²) in [5.41, 5.74) is 0. The van der Waals surface area contributed by atoms with Crippen molar-refractivity contribution in [3.05, 3.63) is 0 Å². The Labute approximate surface area is 138 Å². The number of carbonyl (C=O) groups excluding carboxylic acids is 4. The lowest BCUT2D eigenvalue weighted by molar-refractivity contribution is -0.122. The van der Waals surface area contributed by atoms with Gasteiger partial charge in [-0.1, -0.05) is 36.4 Å². The van der Waals surface area contributed by atoms with Gasteiger partial charge in [-0.2, -0.15) is 0 Å². The molecule has 2 amide bonds. The van der Waals surface area contributed by atoms with Crippen molar-refractivity contribution in [3.8, 4) is 0 Å². The lowest BCUT2D eigenvalue weighted by atomic mass is 9.90. The van der Waals surface area contributed by atoms with E-state index in [1.807, 2.05) is 0 Å². The zero-order valence-electron chi connectivity index (χ0n) is 12.8. The highest BCUT2D eigenvalue weighted by Crippen LogP contribution is 2.19. The van der Waals surface area contributed by atoms with Crippen LogP contribution in [-0.2, 0) is 19.2 Å². The van der Waals surface area contributed by atoms with Crippen LogP contribution >= 0.6 is 23.5 Å². The van der Waals surface area contributed by atoms with E-state index < -0.39 is 0 Å². The standard InChI is InChI=1S/C14H22N2O4S2/c1-9(17)21-7-13(19)15-11-5-3-4-6-12(11)16-14(20)8-22-10(2)18/h11-12H,3-8H2,1-2H3,(H,15,19)(H,16,20)/t11-,12-/m1/s1. The molecule has 6 nitrogen and oxygen atoms in total. The van der Waals surface area contributed by atoms with Crippen LogP contribution in [0.25, 0.3) is 0 Å². The Hall–Kier alpha value is -1.02. The van der Waals surface area contributed by atoms with E-state index in [0.717, 1.165) is 49.2 Å². The molecular formula is C14H22N2O4S2. The molecule has 1 saturated carbocycles. The molecule has 8 heteroatoms. The average molecular weight is 346 g/mol. The van der Waals surface area contributed by atoms with Crippen LogP contribution in [0, 0.1) is 0 Å². The molecule has 0 aromatic rings. The van der Waals surface area contributed by atoms with Gasteiger partial charge in [0.1, 0.15) is 0 Å². The van der Waals surface area contributed by atoms with E-state index in [4.69, 9.17) is 0 Å². The van der Waals surface area contributed by atoms with Crippen molar-refractivity contribution in [2.45, 2.75) is 51.6 Å². The Bertz CT molecular complexity index is 403. The maximum Gasteiger partial charge on any atom is 0.230 e. The van der Waals surface area contributed by atoms with Gasteiger partial charge in [0.25, 0.3) is 0 Å². The SMILES string of the molecule is CC(=O)SCC(=O)N[C@@H]1CCCC[C@H]1NC(=O)CSC(C)=O. The van der Waals surface area contributed by atoms with E-state index in [2.05, 4.69) is 10.6 Å². The number of hydrogen-bond donors (Lipinski definition) is 2. The zero-order chi connectivity index (χ0) is 16.5. The topological polar surface area (TPSA) is 92.3 Å². The van der Waals surface area contributed by atoms with Crippen LogP contribution in [0.2, 0.25) is 0 Å². The Morgan fingerprint density at radius 1 is 0.818 bits per heavy atom. The van der Waals surface area contributed by atoms with Crippen LogP contribution in [0.4, 0.5) is 0 Å². The molecule has 0 spiro atoms. The van der Waals surface area contributed by atoms with E-state index in [9.17, 15) is 19.2 Å². The van der Waals surface area contributed by atoms with Gasteiger partial charge in [-0.25, -0.2) is 0 Å². The van der Waals surface area contributed by atoms with Gasteiger partial charge >= 0.3 is 0 Å². The summed E-state index contributed by atoms with van der Waals surface area (Å²) in [6.07, 6.45) is 3.61. The van der Waals surface area contributed by atoms with Crippen LogP contribution in [0.15, 0.2) is 0 Å². The molecule has 124 valence electrons.